The first-order chi connectivity index (χ1) is 14.0. The molecule has 0 unspecified atom stereocenters. The Morgan fingerprint density at radius 3 is 2.76 bits per heavy atom. The zero-order valence-electron chi connectivity index (χ0n) is 16.3. The molecule has 2 heterocycles. The van der Waals surface area contributed by atoms with Gasteiger partial charge in [0.1, 0.15) is 6.54 Å². The highest BCUT2D eigenvalue weighted by Crippen LogP contribution is 2.23. The molecule has 7 heteroatoms. The number of para-hydroxylation sites is 2. The Bertz CT molecular complexity index is 1350. The Hall–Kier alpha value is -3.19. The zero-order chi connectivity index (χ0) is 20.5. The van der Waals surface area contributed by atoms with Gasteiger partial charge in [0.15, 0.2) is 10.4 Å². The average Bonchev–Trinajstić information content (AvgIpc) is 3.19. The zero-order valence-corrected chi connectivity index (χ0v) is 17.1. The first-order valence-corrected chi connectivity index (χ1v) is 10.2. The lowest BCUT2D eigenvalue weighted by Crippen LogP contribution is -2.22. The lowest BCUT2D eigenvalue weighted by atomic mass is 10.0. The Labute approximate surface area is 171 Å². The van der Waals surface area contributed by atoms with Crippen molar-refractivity contribution in [1.29, 1.82) is 0 Å². The third-order valence-electron chi connectivity index (χ3n) is 4.77. The summed E-state index contributed by atoms with van der Waals surface area (Å²) in [7, 11) is 0. The highest BCUT2D eigenvalue weighted by molar-refractivity contribution is 7.16. The van der Waals surface area contributed by atoms with Crippen molar-refractivity contribution in [2.75, 3.05) is 0 Å². The van der Waals surface area contributed by atoms with Crippen LogP contribution in [0.1, 0.15) is 25.3 Å². The normalized spacial score (nSPS) is 12.3. The third-order valence-corrected chi connectivity index (χ3v) is 5.81. The molecule has 6 nitrogen and oxygen atoms in total. The van der Waals surface area contributed by atoms with Crippen LogP contribution in [0.15, 0.2) is 69.3 Å². The van der Waals surface area contributed by atoms with Gasteiger partial charge in [-0.05, 0) is 35.7 Å². The fraction of sp³-hybridized carbons (Fsp3) is 0.227. The molecule has 29 heavy (non-hydrogen) atoms. The van der Waals surface area contributed by atoms with Gasteiger partial charge in [0, 0.05) is 6.54 Å². The SMILES string of the molecule is C=CCn1c(=NC(=O)Cn2c(=O)oc3ccccc32)sc2cc(C(C)C)ccc21. The van der Waals surface area contributed by atoms with Crippen LogP contribution >= 0.6 is 11.3 Å². The molecule has 0 atom stereocenters. The van der Waals surface area contributed by atoms with Crippen molar-refractivity contribution < 1.29 is 9.21 Å². The quantitative estimate of drug-likeness (QED) is 0.469. The van der Waals surface area contributed by atoms with Gasteiger partial charge in [-0.15, -0.1) is 6.58 Å². The predicted molar refractivity (Wildman–Crippen MR) is 115 cm³/mol. The fourth-order valence-electron chi connectivity index (χ4n) is 3.28. The van der Waals surface area contributed by atoms with E-state index in [9.17, 15) is 9.59 Å². The minimum Gasteiger partial charge on any atom is -0.408 e. The maximum atomic E-state index is 12.7. The topological polar surface area (TPSA) is 69.5 Å². The maximum Gasteiger partial charge on any atom is 0.420 e. The molecule has 0 aliphatic heterocycles. The summed E-state index contributed by atoms with van der Waals surface area (Å²) in [4.78, 5) is 29.7. The van der Waals surface area contributed by atoms with Crippen LogP contribution in [0.4, 0.5) is 0 Å². The van der Waals surface area contributed by atoms with E-state index >= 15 is 0 Å². The number of benzene rings is 2. The van der Waals surface area contributed by atoms with Crippen molar-refractivity contribution in [3.8, 4) is 0 Å². The Morgan fingerprint density at radius 1 is 1.21 bits per heavy atom. The van der Waals surface area contributed by atoms with E-state index < -0.39 is 11.7 Å². The van der Waals surface area contributed by atoms with Crippen LogP contribution < -0.4 is 10.6 Å². The van der Waals surface area contributed by atoms with Crippen LogP contribution in [-0.4, -0.2) is 15.0 Å². The van der Waals surface area contributed by atoms with Crippen LogP contribution in [0, 0.1) is 0 Å². The molecule has 0 aliphatic carbocycles. The smallest absolute Gasteiger partial charge is 0.408 e. The summed E-state index contributed by atoms with van der Waals surface area (Å²) >= 11 is 1.46. The van der Waals surface area contributed by atoms with Crippen molar-refractivity contribution in [2.24, 2.45) is 4.99 Å². The molecule has 0 aliphatic rings. The minimum absolute atomic E-state index is 0.171. The van der Waals surface area contributed by atoms with E-state index in [2.05, 4.69) is 43.6 Å². The molecule has 0 spiro atoms. The molecule has 0 saturated carbocycles. The monoisotopic (exact) mass is 407 g/mol. The Morgan fingerprint density at radius 2 is 2.00 bits per heavy atom. The number of carbonyl (C=O) groups is 1. The molecule has 2 aromatic heterocycles. The van der Waals surface area contributed by atoms with Gasteiger partial charge in [-0.1, -0.05) is 49.5 Å². The number of nitrogens with zero attached hydrogens (tertiary/aromatic N) is 3. The van der Waals surface area contributed by atoms with Gasteiger partial charge in [-0.25, -0.2) is 4.79 Å². The standard InChI is InChI=1S/C22H21N3O3S/c1-4-11-24-17-10-9-15(14(2)3)12-19(17)29-21(24)23-20(26)13-25-16-7-5-6-8-18(16)28-22(25)27/h4-10,12,14H,1,11,13H2,2-3H3. The van der Waals surface area contributed by atoms with Crippen molar-refractivity contribution in [1.82, 2.24) is 9.13 Å². The summed E-state index contributed by atoms with van der Waals surface area (Å²) in [6, 6.07) is 13.3. The third kappa shape index (κ3) is 3.61. The Balaban J connectivity index is 1.77. The highest BCUT2D eigenvalue weighted by atomic mass is 32.1. The second-order valence-corrected chi connectivity index (χ2v) is 8.10. The second-order valence-electron chi connectivity index (χ2n) is 7.09. The maximum absolute atomic E-state index is 12.7. The number of oxazole rings is 1. The summed E-state index contributed by atoms with van der Waals surface area (Å²) in [5.74, 6) is -0.559. The molecular weight excluding hydrogens is 386 g/mol. The largest absolute Gasteiger partial charge is 0.420 e. The van der Waals surface area contributed by atoms with E-state index in [-0.39, 0.29) is 6.54 Å². The van der Waals surface area contributed by atoms with Crippen LogP contribution in [-0.2, 0) is 17.9 Å². The van der Waals surface area contributed by atoms with E-state index in [1.54, 1.807) is 30.3 Å². The van der Waals surface area contributed by atoms with Crippen LogP contribution in [0.3, 0.4) is 0 Å². The van der Waals surface area contributed by atoms with E-state index in [1.165, 1.54) is 21.5 Å². The first-order valence-electron chi connectivity index (χ1n) is 9.38. The van der Waals surface area contributed by atoms with Gasteiger partial charge in [0.25, 0.3) is 5.91 Å². The minimum atomic E-state index is -0.563. The summed E-state index contributed by atoms with van der Waals surface area (Å²) in [6.07, 6.45) is 1.78. The average molecular weight is 407 g/mol. The van der Waals surface area contributed by atoms with Crippen molar-refractivity contribution >= 4 is 38.6 Å². The molecular formula is C22H21N3O3S. The van der Waals surface area contributed by atoms with Crippen molar-refractivity contribution in [2.45, 2.75) is 32.9 Å². The predicted octanol–water partition coefficient (Wildman–Crippen LogP) is 4.05. The number of allylic oxidation sites excluding steroid dienone is 1. The molecule has 4 rings (SSSR count). The van der Waals surface area contributed by atoms with Crippen molar-refractivity contribution in [3.63, 3.8) is 0 Å². The molecule has 0 radical (unpaired) electrons. The summed E-state index contributed by atoms with van der Waals surface area (Å²) in [5, 5.41) is 0. The van der Waals surface area contributed by atoms with Gasteiger partial charge in [-0.2, -0.15) is 4.99 Å². The lowest BCUT2D eigenvalue weighted by molar-refractivity contribution is -0.118. The van der Waals surface area contributed by atoms with Crippen molar-refractivity contribution in [3.05, 3.63) is 76.0 Å². The molecule has 0 saturated heterocycles. The highest BCUT2D eigenvalue weighted by Gasteiger charge is 2.13. The molecule has 0 bridgehead atoms. The van der Waals surface area contributed by atoms with E-state index in [4.69, 9.17) is 4.42 Å². The Kier molecular flexibility index (Phi) is 5.07. The number of fused-ring (bicyclic) bond motifs is 2. The molecule has 2 aromatic carbocycles. The molecule has 1 amide bonds. The molecule has 0 fully saturated rings. The van der Waals surface area contributed by atoms with E-state index in [0.29, 0.717) is 28.4 Å². The lowest BCUT2D eigenvalue weighted by Gasteiger charge is -2.05. The van der Waals surface area contributed by atoms with Crippen LogP contribution in [0.2, 0.25) is 0 Å². The molecule has 148 valence electrons. The fourth-order valence-corrected chi connectivity index (χ4v) is 4.39. The van der Waals surface area contributed by atoms with Gasteiger partial charge in [-0.3, -0.25) is 9.36 Å². The summed E-state index contributed by atoms with van der Waals surface area (Å²) in [5.41, 5.74) is 3.28. The van der Waals surface area contributed by atoms with Crippen LogP contribution in [0.25, 0.3) is 21.3 Å². The molecule has 4 aromatic rings. The number of carbonyl (C=O) groups excluding carboxylic acids is 1. The number of hydrogen-bond donors (Lipinski definition) is 0. The van der Waals surface area contributed by atoms with E-state index in [1.807, 2.05) is 4.57 Å². The number of amides is 1. The summed E-state index contributed by atoms with van der Waals surface area (Å²) in [6.45, 7) is 8.48. The number of hydrogen-bond acceptors (Lipinski definition) is 4. The van der Waals surface area contributed by atoms with Crippen LogP contribution in [0.5, 0.6) is 0 Å². The second kappa shape index (κ2) is 7.67. The van der Waals surface area contributed by atoms with E-state index in [0.717, 1.165) is 10.2 Å². The summed E-state index contributed by atoms with van der Waals surface area (Å²) < 4.78 is 9.53. The van der Waals surface area contributed by atoms with Gasteiger partial charge < -0.3 is 8.98 Å². The number of thiazole rings is 1. The van der Waals surface area contributed by atoms with Gasteiger partial charge >= 0.3 is 5.76 Å². The van der Waals surface area contributed by atoms with Gasteiger partial charge in [0.2, 0.25) is 0 Å². The number of aromatic nitrogens is 2. The van der Waals surface area contributed by atoms with Gasteiger partial charge in [0.05, 0.1) is 15.7 Å². The first kappa shape index (κ1) is 19.1. The molecule has 0 N–H and O–H groups in total. The number of rotatable bonds is 5.